The van der Waals surface area contributed by atoms with Crippen LogP contribution in [0.2, 0.25) is 0 Å². The summed E-state index contributed by atoms with van der Waals surface area (Å²) in [5.74, 6) is -1.31. The minimum Gasteiger partial charge on any atom is -0.477 e. The van der Waals surface area contributed by atoms with E-state index in [1.54, 1.807) is 0 Å². The molecule has 0 aromatic carbocycles. The van der Waals surface area contributed by atoms with E-state index < -0.39 is 5.97 Å². The second-order valence-corrected chi connectivity index (χ2v) is 2.98. The molecule has 14 heavy (non-hydrogen) atoms. The van der Waals surface area contributed by atoms with Gasteiger partial charge in [0.05, 0.1) is 0 Å². The fraction of sp³-hybridized carbons (Fsp3) is 0.600. The van der Waals surface area contributed by atoms with E-state index in [4.69, 9.17) is 5.11 Å². The lowest BCUT2D eigenvalue weighted by Gasteiger charge is -2.04. The maximum absolute atomic E-state index is 11.2. The fourth-order valence-electron chi connectivity index (χ4n) is 0.946. The third-order valence-corrected chi connectivity index (χ3v) is 1.67. The van der Waals surface area contributed by atoms with Gasteiger partial charge >= 0.3 is 5.97 Å². The van der Waals surface area contributed by atoms with Crippen LogP contribution in [0.5, 0.6) is 0 Å². The molecule has 1 amide bonds. The normalized spacial score (nSPS) is 11.1. The van der Waals surface area contributed by atoms with E-state index >= 15 is 0 Å². The predicted octanol–water partition coefficient (Wildman–Crippen LogP) is 1.67. The second-order valence-electron chi connectivity index (χ2n) is 2.98. The number of unbranched alkanes of at least 4 members (excludes halogenated alkanes) is 1. The Hall–Kier alpha value is -1.32. The van der Waals surface area contributed by atoms with Crippen LogP contribution < -0.4 is 5.32 Å². The number of hydrogen-bond donors (Lipinski definition) is 2. The number of nitrogens with one attached hydrogen (secondary N) is 1. The number of rotatable bonds is 6. The molecule has 0 bridgehead atoms. The zero-order valence-electron chi connectivity index (χ0n) is 8.67. The molecule has 0 fully saturated rings. The van der Waals surface area contributed by atoms with Crippen molar-refractivity contribution in [3.8, 4) is 0 Å². The molecule has 0 atom stereocenters. The van der Waals surface area contributed by atoms with Crippen LogP contribution in [-0.4, -0.2) is 17.0 Å². The first-order valence-corrected chi connectivity index (χ1v) is 4.85. The van der Waals surface area contributed by atoms with Crippen LogP contribution >= 0.6 is 0 Å². The van der Waals surface area contributed by atoms with Gasteiger partial charge in [0.25, 0.3) is 0 Å². The molecule has 4 heteroatoms. The van der Waals surface area contributed by atoms with Crippen molar-refractivity contribution in [3.05, 3.63) is 11.8 Å². The molecule has 0 aliphatic heterocycles. The van der Waals surface area contributed by atoms with Crippen molar-refractivity contribution in [1.29, 1.82) is 0 Å². The Labute approximate surface area is 84.0 Å². The van der Waals surface area contributed by atoms with Gasteiger partial charge in [0.1, 0.15) is 5.70 Å². The van der Waals surface area contributed by atoms with Gasteiger partial charge in [0, 0.05) is 6.42 Å². The average Bonchev–Trinajstić information content (AvgIpc) is 2.14. The van der Waals surface area contributed by atoms with Gasteiger partial charge in [-0.3, -0.25) is 4.79 Å². The van der Waals surface area contributed by atoms with Crippen LogP contribution in [-0.2, 0) is 9.59 Å². The van der Waals surface area contributed by atoms with E-state index in [-0.39, 0.29) is 11.6 Å². The van der Waals surface area contributed by atoms with E-state index in [0.29, 0.717) is 12.8 Å². The molecule has 0 aliphatic carbocycles. The van der Waals surface area contributed by atoms with Crippen molar-refractivity contribution in [2.75, 3.05) is 0 Å². The molecular weight excluding hydrogens is 182 g/mol. The Morgan fingerprint density at radius 3 is 2.43 bits per heavy atom. The molecule has 4 nitrogen and oxygen atoms in total. The topological polar surface area (TPSA) is 66.4 Å². The van der Waals surface area contributed by atoms with Gasteiger partial charge in [-0.1, -0.05) is 26.3 Å². The summed E-state index contributed by atoms with van der Waals surface area (Å²) in [6, 6.07) is 0. The molecular formula is C10H17NO3. The molecule has 0 radical (unpaired) electrons. The number of carboxylic acids is 1. The van der Waals surface area contributed by atoms with Crippen LogP contribution in [0.1, 0.15) is 39.5 Å². The maximum Gasteiger partial charge on any atom is 0.352 e. The van der Waals surface area contributed by atoms with E-state index in [1.165, 1.54) is 6.08 Å². The smallest absolute Gasteiger partial charge is 0.352 e. The molecule has 0 aromatic rings. The second kappa shape index (κ2) is 7.12. The largest absolute Gasteiger partial charge is 0.477 e. The molecule has 0 aliphatic rings. The van der Waals surface area contributed by atoms with Crippen molar-refractivity contribution in [1.82, 2.24) is 5.32 Å². The SMILES string of the molecule is CC/C=C(\NC(=O)CCCC)C(=O)O. The summed E-state index contributed by atoms with van der Waals surface area (Å²) in [6.45, 7) is 3.80. The number of aliphatic carboxylic acids is 1. The van der Waals surface area contributed by atoms with Crippen molar-refractivity contribution in [2.24, 2.45) is 0 Å². The quantitative estimate of drug-likeness (QED) is 0.639. The molecule has 0 spiro atoms. The number of carboxylic acid groups (broad SMARTS) is 1. The average molecular weight is 199 g/mol. The van der Waals surface area contributed by atoms with Gasteiger partial charge in [-0.15, -0.1) is 0 Å². The predicted molar refractivity (Wildman–Crippen MR) is 53.7 cm³/mol. The molecule has 0 heterocycles. The number of carbonyl (C=O) groups excluding carboxylic acids is 1. The molecule has 0 saturated carbocycles. The lowest BCUT2D eigenvalue weighted by atomic mass is 10.2. The van der Waals surface area contributed by atoms with Gasteiger partial charge < -0.3 is 10.4 Å². The van der Waals surface area contributed by atoms with Crippen molar-refractivity contribution in [3.63, 3.8) is 0 Å². The lowest BCUT2D eigenvalue weighted by Crippen LogP contribution is -2.26. The van der Waals surface area contributed by atoms with Crippen LogP contribution in [0, 0.1) is 0 Å². The summed E-state index contributed by atoms with van der Waals surface area (Å²) in [7, 11) is 0. The number of amides is 1. The van der Waals surface area contributed by atoms with Gasteiger partial charge in [-0.2, -0.15) is 0 Å². The highest BCUT2D eigenvalue weighted by molar-refractivity contribution is 5.92. The standard InChI is InChI=1S/C10H17NO3/c1-3-5-7-9(12)11-8(6-4-2)10(13)14/h6H,3-5,7H2,1-2H3,(H,11,12)(H,13,14)/b8-6-. The summed E-state index contributed by atoms with van der Waals surface area (Å²) >= 11 is 0. The monoisotopic (exact) mass is 199 g/mol. The number of carbonyl (C=O) groups is 2. The zero-order chi connectivity index (χ0) is 11.0. The Balaban J connectivity index is 4.11. The van der Waals surface area contributed by atoms with Crippen LogP contribution in [0.4, 0.5) is 0 Å². The Kier molecular flexibility index (Phi) is 6.45. The molecule has 80 valence electrons. The van der Waals surface area contributed by atoms with Gasteiger partial charge in [0.2, 0.25) is 5.91 Å². The van der Waals surface area contributed by atoms with E-state index in [0.717, 1.165) is 12.8 Å². The first-order valence-electron chi connectivity index (χ1n) is 4.85. The minimum absolute atomic E-state index is 0.0198. The Morgan fingerprint density at radius 1 is 1.36 bits per heavy atom. The molecule has 2 N–H and O–H groups in total. The zero-order valence-corrected chi connectivity index (χ0v) is 8.67. The molecule has 0 aromatic heterocycles. The first-order chi connectivity index (χ1) is 6.61. The third-order valence-electron chi connectivity index (χ3n) is 1.67. The molecule has 0 unspecified atom stereocenters. The minimum atomic E-state index is -1.09. The van der Waals surface area contributed by atoms with Crippen molar-refractivity contribution >= 4 is 11.9 Å². The Bertz CT molecular complexity index is 234. The van der Waals surface area contributed by atoms with Crippen molar-refractivity contribution in [2.45, 2.75) is 39.5 Å². The van der Waals surface area contributed by atoms with Gasteiger partial charge in [0.15, 0.2) is 0 Å². The van der Waals surface area contributed by atoms with Gasteiger partial charge in [-0.05, 0) is 12.8 Å². The number of allylic oxidation sites excluding steroid dienone is 1. The summed E-state index contributed by atoms with van der Waals surface area (Å²) in [5, 5.41) is 11.1. The lowest BCUT2D eigenvalue weighted by molar-refractivity contribution is -0.134. The number of hydrogen-bond acceptors (Lipinski definition) is 2. The molecule has 0 saturated heterocycles. The van der Waals surface area contributed by atoms with Crippen LogP contribution in [0.15, 0.2) is 11.8 Å². The summed E-state index contributed by atoms with van der Waals surface area (Å²) in [5.41, 5.74) is -0.0198. The van der Waals surface area contributed by atoms with E-state index in [9.17, 15) is 9.59 Å². The summed E-state index contributed by atoms with van der Waals surface area (Å²) in [6.07, 6.45) is 4.17. The van der Waals surface area contributed by atoms with Crippen LogP contribution in [0.25, 0.3) is 0 Å². The highest BCUT2D eigenvalue weighted by Gasteiger charge is 2.09. The van der Waals surface area contributed by atoms with Gasteiger partial charge in [-0.25, -0.2) is 4.79 Å². The highest BCUT2D eigenvalue weighted by Crippen LogP contribution is 1.97. The Morgan fingerprint density at radius 2 is 2.00 bits per heavy atom. The molecule has 0 rings (SSSR count). The summed E-state index contributed by atoms with van der Waals surface area (Å²) in [4.78, 5) is 21.8. The highest BCUT2D eigenvalue weighted by atomic mass is 16.4. The van der Waals surface area contributed by atoms with Crippen LogP contribution in [0.3, 0.4) is 0 Å². The third kappa shape index (κ3) is 5.35. The summed E-state index contributed by atoms with van der Waals surface area (Å²) < 4.78 is 0. The van der Waals surface area contributed by atoms with Crippen molar-refractivity contribution < 1.29 is 14.7 Å². The maximum atomic E-state index is 11.2. The first kappa shape index (κ1) is 12.7. The fourth-order valence-corrected chi connectivity index (χ4v) is 0.946. The van der Waals surface area contributed by atoms with E-state index in [1.807, 2.05) is 13.8 Å². The van der Waals surface area contributed by atoms with E-state index in [2.05, 4.69) is 5.32 Å².